The molecule has 0 radical (unpaired) electrons. The maximum atomic E-state index is 13.3. The fourth-order valence-corrected chi connectivity index (χ4v) is 4.97. The highest BCUT2D eigenvalue weighted by molar-refractivity contribution is 5.89. The van der Waals surface area contributed by atoms with Gasteiger partial charge in [-0.05, 0) is 48.7 Å². The van der Waals surface area contributed by atoms with Gasteiger partial charge in [0.2, 0.25) is 5.91 Å². The van der Waals surface area contributed by atoms with Gasteiger partial charge < -0.3 is 24.7 Å². The molecule has 2 aromatic carbocycles. The lowest BCUT2D eigenvalue weighted by Gasteiger charge is -2.37. The molecule has 36 heavy (non-hydrogen) atoms. The highest BCUT2D eigenvalue weighted by atomic mass is 19.1. The zero-order valence-electron chi connectivity index (χ0n) is 20.6. The molecule has 3 heterocycles. The number of amidine groups is 1. The first kappa shape index (κ1) is 23.9. The predicted molar refractivity (Wildman–Crippen MR) is 133 cm³/mol. The molecule has 4 atom stereocenters. The minimum Gasteiger partial charge on any atom is -0.493 e. The topological polar surface area (TPSA) is 90.5 Å². The van der Waals surface area contributed by atoms with Crippen LogP contribution >= 0.6 is 0 Å². The summed E-state index contributed by atoms with van der Waals surface area (Å²) >= 11 is 0. The molecule has 1 amide bonds. The molecule has 0 aliphatic carbocycles. The van der Waals surface area contributed by atoms with Crippen LogP contribution in [0.3, 0.4) is 0 Å². The number of fused-ring (bicyclic) bond motifs is 3. The van der Waals surface area contributed by atoms with E-state index < -0.39 is 0 Å². The van der Waals surface area contributed by atoms with Gasteiger partial charge in [0.25, 0.3) is 0 Å². The van der Waals surface area contributed by atoms with Crippen molar-refractivity contribution >= 4 is 11.7 Å². The lowest BCUT2D eigenvalue weighted by Crippen LogP contribution is -2.54. The Morgan fingerprint density at radius 2 is 1.94 bits per heavy atom. The highest BCUT2D eigenvalue weighted by Crippen LogP contribution is 2.34. The molecule has 10 heteroatoms. The van der Waals surface area contributed by atoms with E-state index in [0.717, 1.165) is 23.4 Å². The molecule has 1 fully saturated rings. The second kappa shape index (κ2) is 10.1. The maximum Gasteiger partial charge on any atom is 0.220 e. The highest BCUT2D eigenvalue weighted by Gasteiger charge is 2.44. The van der Waals surface area contributed by atoms with Crippen LogP contribution in [0, 0.1) is 5.82 Å². The summed E-state index contributed by atoms with van der Waals surface area (Å²) in [6.45, 7) is 1.94. The number of amides is 1. The molecule has 3 N–H and O–H groups in total. The fourth-order valence-electron chi connectivity index (χ4n) is 4.97. The number of methoxy groups -OCH3 is 2. The van der Waals surface area contributed by atoms with Gasteiger partial charge in [0, 0.05) is 25.2 Å². The van der Waals surface area contributed by atoms with Gasteiger partial charge in [-0.15, -0.1) is 0 Å². The molecular weight excluding hydrogens is 463 g/mol. The Morgan fingerprint density at radius 1 is 1.17 bits per heavy atom. The van der Waals surface area contributed by atoms with Gasteiger partial charge in [-0.2, -0.15) is 5.10 Å². The summed E-state index contributed by atoms with van der Waals surface area (Å²) < 4.78 is 24.0. The van der Waals surface area contributed by atoms with Crippen molar-refractivity contribution in [2.75, 3.05) is 14.2 Å². The van der Waals surface area contributed by atoms with Crippen LogP contribution in [0.1, 0.15) is 49.4 Å². The summed E-state index contributed by atoms with van der Waals surface area (Å²) in [6, 6.07) is 12.3. The minimum atomic E-state index is -0.238. The molecule has 0 spiro atoms. The number of carbonyl (C=O) groups is 1. The van der Waals surface area contributed by atoms with Gasteiger partial charge in [-0.3, -0.25) is 10.2 Å². The van der Waals surface area contributed by atoms with Crippen molar-refractivity contribution in [3.63, 3.8) is 0 Å². The molecule has 5 rings (SSSR count). The van der Waals surface area contributed by atoms with Gasteiger partial charge in [-0.25, -0.2) is 9.82 Å². The number of hydrazine groups is 1. The number of hydrazone groups is 1. The largest absolute Gasteiger partial charge is 0.493 e. The summed E-state index contributed by atoms with van der Waals surface area (Å²) in [7, 11) is 3.18. The number of halogens is 1. The Labute approximate surface area is 209 Å². The summed E-state index contributed by atoms with van der Waals surface area (Å²) in [5, 5.41) is 9.66. The second-order valence-corrected chi connectivity index (χ2v) is 9.15. The van der Waals surface area contributed by atoms with E-state index in [0.29, 0.717) is 24.3 Å². The van der Waals surface area contributed by atoms with E-state index in [1.807, 2.05) is 49.7 Å². The van der Waals surface area contributed by atoms with Crippen LogP contribution in [0.25, 0.3) is 0 Å². The lowest BCUT2D eigenvalue weighted by molar-refractivity contribution is -0.121. The van der Waals surface area contributed by atoms with Crippen LogP contribution in [0.15, 0.2) is 60.0 Å². The molecular formula is C26H31FN6O3. The Hall–Kier alpha value is -3.79. The van der Waals surface area contributed by atoms with Gasteiger partial charge in [-0.1, -0.05) is 18.2 Å². The smallest absolute Gasteiger partial charge is 0.220 e. The van der Waals surface area contributed by atoms with Crippen LogP contribution in [0.4, 0.5) is 4.39 Å². The van der Waals surface area contributed by atoms with E-state index >= 15 is 0 Å². The Kier molecular flexibility index (Phi) is 6.69. The molecule has 3 aliphatic rings. The van der Waals surface area contributed by atoms with Crippen LogP contribution in [0.5, 0.6) is 11.5 Å². The number of nitrogens with zero attached hydrogens (tertiary/aromatic N) is 3. The molecule has 0 saturated carbocycles. The minimum absolute atomic E-state index is 0.0308. The van der Waals surface area contributed by atoms with Crippen molar-refractivity contribution in [1.82, 2.24) is 26.1 Å². The van der Waals surface area contributed by atoms with E-state index in [-0.39, 0.29) is 36.0 Å². The van der Waals surface area contributed by atoms with Crippen molar-refractivity contribution in [2.24, 2.45) is 5.10 Å². The Balaban J connectivity index is 1.15. The standard InChI is InChI=1S/C26H31FN6O3/c1-16(18-6-9-22(35-2)23(14-18)36-3)28-25(34)11-10-24-29-30-26-21-15-20(17-4-7-19(27)8-5-17)31-33(21)13-12-32(24)26/h4-9,12-14,16,20-21,26,30-31H,10-11,15H2,1-3H3,(H,28,34). The third kappa shape index (κ3) is 4.68. The SMILES string of the molecule is COc1ccc(C(C)NC(=O)CCC2=NNC3C4CC(c5ccc(F)cc5)NN4C=CN23)cc1OC. The van der Waals surface area contributed by atoms with E-state index in [2.05, 4.69) is 31.2 Å². The van der Waals surface area contributed by atoms with Gasteiger partial charge in [0.15, 0.2) is 11.5 Å². The zero-order chi connectivity index (χ0) is 25.2. The van der Waals surface area contributed by atoms with Crippen LogP contribution in [-0.2, 0) is 4.79 Å². The lowest BCUT2D eigenvalue weighted by atomic mass is 9.99. The average molecular weight is 495 g/mol. The number of benzene rings is 2. The van der Waals surface area contributed by atoms with Crippen molar-refractivity contribution < 1.29 is 18.7 Å². The van der Waals surface area contributed by atoms with E-state index in [1.165, 1.54) is 12.1 Å². The van der Waals surface area contributed by atoms with Crippen molar-refractivity contribution in [2.45, 2.75) is 50.5 Å². The third-order valence-corrected chi connectivity index (χ3v) is 6.95. The number of hydrogen-bond acceptors (Lipinski definition) is 8. The summed E-state index contributed by atoms with van der Waals surface area (Å²) in [6.07, 6.45) is 5.61. The molecule has 9 nitrogen and oxygen atoms in total. The predicted octanol–water partition coefficient (Wildman–Crippen LogP) is 3.15. The first-order chi connectivity index (χ1) is 17.5. The molecule has 0 bridgehead atoms. The first-order valence-electron chi connectivity index (χ1n) is 12.1. The molecule has 1 saturated heterocycles. The van der Waals surface area contributed by atoms with E-state index in [1.54, 1.807) is 14.2 Å². The fraction of sp³-hybridized carbons (Fsp3) is 0.385. The number of hydrogen-bond donors (Lipinski definition) is 3. The zero-order valence-corrected chi connectivity index (χ0v) is 20.6. The van der Waals surface area contributed by atoms with Crippen LogP contribution in [0.2, 0.25) is 0 Å². The van der Waals surface area contributed by atoms with Crippen molar-refractivity contribution in [3.8, 4) is 11.5 Å². The van der Waals surface area contributed by atoms with E-state index in [9.17, 15) is 9.18 Å². The normalized spacial score (nSPS) is 22.9. The molecule has 0 aromatic heterocycles. The first-order valence-corrected chi connectivity index (χ1v) is 12.1. The Bertz CT molecular complexity index is 1170. The molecule has 4 unspecified atom stereocenters. The van der Waals surface area contributed by atoms with E-state index in [4.69, 9.17) is 9.47 Å². The number of carbonyl (C=O) groups excluding carboxylic acids is 1. The average Bonchev–Trinajstić information content (AvgIpc) is 3.51. The molecule has 2 aromatic rings. The monoisotopic (exact) mass is 494 g/mol. The van der Waals surface area contributed by atoms with Crippen molar-refractivity contribution in [1.29, 1.82) is 0 Å². The second-order valence-electron chi connectivity index (χ2n) is 9.15. The molecule has 3 aliphatic heterocycles. The molecule has 190 valence electrons. The third-order valence-electron chi connectivity index (χ3n) is 6.95. The maximum absolute atomic E-state index is 13.3. The number of rotatable bonds is 8. The van der Waals surface area contributed by atoms with Crippen molar-refractivity contribution in [3.05, 3.63) is 71.8 Å². The summed E-state index contributed by atoms with van der Waals surface area (Å²) in [4.78, 5) is 14.8. The van der Waals surface area contributed by atoms with Gasteiger partial charge >= 0.3 is 0 Å². The number of nitrogens with one attached hydrogen (secondary N) is 3. The van der Waals surface area contributed by atoms with Gasteiger partial charge in [0.05, 0.1) is 32.3 Å². The number of ether oxygens (including phenoxy) is 2. The van der Waals surface area contributed by atoms with Crippen LogP contribution in [-0.4, -0.2) is 48.1 Å². The summed E-state index contributed by atoms with van der Waals surface area (Å²) in [5.74, 6) is 1.82. The van der Waals surface area contributed by atoms with Crippen LogP contribution < -0.4 is 25.6 Å². The summed E-state index contributed by atoms with van der Waals surface area (Å²) in [5.41, 5.74) is 8.70. The quantitative estimate of drug-likeness (QED) is 0.520. The van der Waals surface area contributed by atoms with Gasteiger partial charge in [0.1, 0.15) is 17.8 Å². The Morgan fingerprint density at radius 3 is 2.69 bits per heavy atom.